The molecule has 0 fully saturated rings. The second-order valence-corrected chi connectivity index (χ2v) is 4.46. The highest BCUT2D eigenvalue weighted by Gasteiger charge is 1.98. The molecular formula is C15H20N2O. The van der Waals surface area contributed by atoms with Gasteiger partial charge in [0.15, 0.2) is 0 Å². The quantitative estimate of drug-likeness (QED) is 0.767. The summed E-state index contributed by atoms with van der Waals surface area (Å²) >= 11 is 0. The Morgan fingerprint density at radius 1 is 1.17 bits per heavy atom. The lowest BCUT2D eigenvalue weighted by Crippen LogP contribution is -2.16. The SMILES string of the molecule is Cc1ccc(CCNCc2cccc(CN)c2)o1. The highest BCUT2D eigenvalue weighted by atomic mass is 16.3. The van der Waals surface area contributed by atoms with Crippen molar-refractivity contribution < 1.29 is 4.42 Å². The van der Waals surface area contributed by atoms with Crippen molar-refractivity contribution >= 4 is 0 Å². The van der Waals surface area contributed by atoms with E-state index >= 15 is 0 Å². The van der Waals surface area contributed by atoms with Crippen LogP contribution in [0.3, 0.4) is 0 Å². The second-order valence-electron chi connectivity index (χ2n) is 4.46. The van der Waals surface area contributed by atoms with Crippen molar-refractivity contribution in [3.8, 4) is 0 Å². The fourth-order valence-corrected chi connectivity index (χ4v) is 1.93. The van der Waals surface area contributed by atoms with E-state index in [4.69, 9.17) is 10.2 Å². The Kier molecular flexibility index (Phi) is 4.56. The van der Waals surface area contributed by atoms with Crippen molar-refractivity contribution in [1.29, 1.82) is 0 Å². The number of hydrogen-bond donors (Lipinski definition) is 2. The van der Waals surface area contributed by atoms with Crippen LogP contribution < -0.4 is 11.1 Å². The van der Waals surface area contributed by atoms with Crippen molar-refractivity contribution in [2.24, 2.45) is 5.73 Å². The fraction of sp³-hybridized carbons (Fsp3) is 0.333. The molecule has 2 rings (SSSR count). The van der Waals surface area contributed by atoms with Crippen LogP contribution in [-0.4, -0.2) is 6.54 Å². The molecule has 3 heteroatoms. The van der Waals surface area contributed by atoms with Crippen LogP contribution in [0.25, 0.3) is 0 Å². The van der Waals surface area contributed by atoms with Crippen LogP contribution in [0.15, 0.2) is 40.8 Å². The third-order valence-electron chi connectivity index (χ3n) is 2.90. The second kappa shape index (κ2) is 6.38. The smallest absolute Gasteiger partial charge is 0.105 e. The van der Waals surface area contributed by atoms with E-state index in [1.54, 1.807) is 0 Å². The van der Waals surface area contributed by atoms with Crippen LogP contribution in [-0.2, 0) is 19.5 Å². The van der Waals surface area contributed by atoms with Crippen LogP contribution in [0, 0.1) is 6.92 Å². The van der Waals surface area contributed by atoms with E-state index in [1.165, 1.54) is 11.1 Å². The van der Waals surface area contributed by atoms with E-state index < -0.39 is 0 Å². The maximum atomic E-state index is 5.62. The van der Waals surface area contributed by atoms with Gasteiger partial charge in [-0.05, 0) is 30.2 Å². The summed E-state index contributed by atoms with van der Waals surface area (Å²) in [6.45, 7) is 4.35. The van der Waals surface area contributed by atoms with E-state index in [2.05, 4.69) is 29.6 Å². The zero-order valence-electron chi connectivity index (χ0n) is 10.8. The highest BCUT2D eigenvalue weighted by Crippen LogP contribution is 2.07. The van der Waals surface area contributed by atoms with Crippen LogP contribution >= 0.6 is 0 Å². The van der Waals surface area contributed by atoms with Gasteiger partial charge in [0.2, 0.25) is 0 Å². The van der Waals surface area contributed by atoms with Crippen LogP contribution in [0.1, 0.15) is 22.6 Å². The molecule has 1 aromatic carbocycles. The van der Waals surface area contributed by atoms with Crippen molar-refractivity contribution in [2.45, 2.75) is 26.4 Å². The Morgan fingerprint density at radius 2 is 2.00 bits per heavy atom. The van der Waals surface area contributed by atoms with Gasteiger partial charge in [0, 0.05) is 26.1 Å². The summed E-state index contributed by atoms with van der Waals surface area (Å²) < 4.78 is 5.52. The summed E-state index contributed by atoms with van der Waals surface area (Å²) in [5.41, 5.74) is 8.07. The van der Waals surface area contributed by atoms with Gasteiger partial charge in [-0.2, -0.15) is 0 Å². The van der Waals surface area contributed by atoms with Crippen molar-refractivity contribution in [3.05, 3.63) is 59.0 Å². The van der Waals surface area contributed by atoms with E-state index in [9.17, 15) is 0 Å². The van der Waals surface area contributed by atoms with Crippen LogP contribution in [0.5, 0.6) is 0 Å². The minimum Gasteiger partial charge on any atom is -0.466 e. The standard InChI is InChI=1S/C15H20N2O/c1-12-5-6-15(18-12)7-8-17-11-14-4-2-3-13(9-14)10-16/h2-6,9,17H,7-8,10-11,16H2,1H3. The topological polar surface area (TPSA) is 51.2 Å². The zero-order valence-corrected chi connectivity index (χ0v) is 10.8. The van der Waals surface area contributed by atoms with Gasteiger partial charge in [0.1, 0.15) is 11.5 Å². The molecule has 3 N–H and O–H groups in total. The third-order valence-corrected chi connectivity index (χ3v) is 2.90. The maximum Gasteiger partial charge on any atom is 0.105 e. The maximum absolute atomic E-state index is 5.62. The number of aryl methyl sites for hydroxylation is 1. The lowest BCUT2D eigenvalue weighted by Gasteiger charge is -2.05. The van der Waals surface area contributed by atoms with Gasteiger partial charge in [0.05, 0.1) is 0 Å². The fourth-order valence-electron chi connectivity index (χ4n) is 1.93. The molecule has 0 atom stereocenters. The van der Waals surface area contributed by atoms with Crippen LogP contribution in [0.4, 0.5) is 0 Å². The molecule has 2 aromatic rings. The number of benzene rings is 1. The molecule has 0 unspecified atom stereocenters. The van der Waals surface area contributed by atoms with Crippen molar-refractivity contribution in [1.82, 2.24) is 5.32 Å². The largest absolute Gasteiger partial charge is 0.466 e. The average Bonchev–Trinajstić information content (AvgIpc) is 2.81. The summed E-state index contributed by atoms with van der Waals surface area (Å²) in [6.07, 6.45) is 0.921. The number of furan rings is 1. The minimum atomic E-state index is 0.597. The van der Waals surface area contributed by atoms with E-state index in [-0.39, 0.29) is 0 Å². The van der Waals surface area contributed by atoms with E-state index in [0.717, 1.165) is 31.0 Å². The number of nitrogens with two attached hydrogens (primary N) is 1. The minimum absolute atomic E-state index is 0.597. The highest BCUT2D eigenvalue weighted by molar-refractivity contribution is 5.23. The molecule has 18 heavy (non-hydrogen) atoms. The summed E-state index contributed by atoms with van der Waals surface area (Å²) in [5.74, 6) is 2.01. The Balaban J connectivity index is 1.74. The molecule has 0 saturated heterocycles. The zero-order chi connectivity index (χ0) is 12.8. The molecule has 0 amide bonds. The molecule has 1 aromatic heterocycles. The predicted octanol–water partition coefficient (Wildman–Crippen LogP) is 2.38. The number of nitrogens with one attached hydrogen (secondary N) is 1. The van der Waals surface area contributed by atoms with Gasteiger partial charge in [-0.25, -0.2) is 0 Å². The Morgan fingerprint density at radius 3 is 2.72 bits per heavy atom. The van der Waals surface area contributed by atoms with Gasteiger partial charge in [0.25, 0.3) is 0 Å². The van der Waals surface area contributed by atoms with Gasteiger partial charge in [-0.1, -0.05) is 24.3 Å². The molecule has 0 saturated carbocycles. The summed E-state index contributed by atoms with van der Waals surface area (Å²) in [6, 6.07) is 12.4. The first kappa shape index (κ1) is 12.9. The van der Waals surface area contributed by atoms with Gasteiger partial charge in [-0.3, -0.25) is 0 Å². The van der Waals surface area contributed by atoms with Gasteiger partial charge >= 0.3 is 0 Å². The Hall–Kier alpha value is -1.58. The lowest BCUT2D eigenvalue weighted by atomic mass is 10.1. The molecule has 0 aliphatic carbocycles. The molecule has 0 aliphatic heterocycles. The van der Waals surface area contributed by atoms with Crippen LogP contribution in [0.2, 0.25) is 0 Å². The Bertz CT molecular complexity index is 491. The predicted molar refractivity (Wildman–Crippen MR) is 73.2 cm³/mol. The first-order chi connectivity index (χ1) is 8.78. The number of hydrogen-bond acceptors (Lipinski definition) is 3. The average molecular weight is 244 g/mol. The van der Waals surface area contributed by atoms with Crippen molar-refractivity contribution in [2.75, 3.05) is 6.54 Å². The molecule has 0 spiro atoms. The summed E-state index contributed by atoms with van der Waals surface area (Å²) in [4.78, 5) is 0. The van der Waals surface area contributed by atoms with E-state index in [1.807, 2.05) is 19.1 Å². The Labute approximate surface area is 108 Å². The molecule has 3 nitrogen and oxygen atoms in total. The molecule has 1 heterocycles. The normalized spacial score (nSPS) is 10.8. The summed E-state index contributed by atoms with van der Waals surface area (Å²) in [7, 11) is 0. The molecule has 0 bridgehead atoms. The first-order valence-corrected chi connectivity index (χ1v) is 6.32. The van der Waals surface area contributed by atoms with Crippen molar-refractivity contribution in [3.63, 3.8) is 0 Å². The summed E-state index contributed by atoms with van der Waals surface area (Å²) in [5, 5.41) is 3.41. The number of rotatable bonds is 6. The van der Waals surface area contributed by atoms with E-state index in [0.29, 0.717) is 6.54 Å². The first-order valence-electron chi connectivity index (χ1n) is 6.32. The molecular weight excluding hydrogens is 224 g/mol. The van der Waals surface area contributed by atoms with Gasteiger partial charge < -0.3 is 15.5 Å². The monoisotopic (exact) mass is 244 g/mol. The third kappa shape index (κ3) is 3.72. The van der Waals surface area contributed by atoms with Gasteiger partial charge in [-0.15, -0.1) is 0 Å². The molecule has 0 radical (unpaired) electrons. The molecule has 0 aliphatic rings. The lowest BCUT2D eigenvalue weighted by molar-refractivity contribution is 0.475. The molecule has 96 valence electrons.